The first-order chi connectivity index (χ1) is 7.87. The first-order valence-corrected chi connectivity index (χ1v) is 7.61. The standard InChI is InChI=1S/C8H12BrN3O3S2/c1-12(5-4-7(10)11-13)17(14,15)8-3-2-6(9)16-8/h2-3,13H,4-5H2,1H3,(H2,10,11). The Kier molecular flexibility index (Phi) is 4.92. The molecule has 96 valence electrons. The highest BCUT2D eigenvalue weighted by Crippen LogP contribution is 2.27. The van der Waals surface area contributed by atoms with Crippen LogP contribution in [0.2, 0.25) is 0 Å². The topological polar surface area (TPSA) is 96.0 Å². The van der Waals surface area contributed by atoms with Gasteiger partial charge < -0.3 is 10.9 Å². The molecule has 9 heteroatoms. The quantitative estimate of drug-likeness (QED) is 0.364. The Hall–Kier alpha value is -0.640. The van der Waals surface area contributed by atoms with Crippen molar-refractivity contribution in [2.75, 3.05) is 13.6 Å². The first-order valence-electron chi connectivity index (χ1n) is 4.56. The summed E-state index contributed by atoms with van der Waals surface area (Å²) in [5.41, 5.74) is 5.28. The zero-order valence-corrected chi connectivity index (χ0v) is 12.2. The summed E-state index contributed by atoms with van der Waals surface area (Å²) in [5, 5.41) is 11.1. The number of nitrogens with two attached hydrogens (primary N) is 1. The van der Waals surface area contributed by atoms with E-state index in [4.69, 9.17) is 10.9 Å². The summed E-state index contributed by atoms with van der Waals surface area (Å²) in [5.74, 6) is -0.000546. The van der Waals surface area contributed by atoms with Crippen molar-refractivity contribution in [3.63, 3.8) is 0 Å². The van der Waals surface area contributed by atoms with Crippen molar-refractivity contribution in [3.8, 4) is 0 Å². The molecule has 0 saturated carbocycles. The predicted octanol–water partition coefficient (Wildman–Crippen LogP) is 1.27. The molecule has 0 aliphatic carbocycles. The van der Waals surface area contributed by atoms with Crippen LogP contribution in [0, 0.1) is 0 Å². The molecule has 3 N–H and O–H groups in total. The van der Waals surface area contributed by atoms with Crippen LogP contribution in [0.25, 0.3) is 0 Å². The number of sulfonamides is 1. The van der Waals surface area contributed by atoms with Crippen LogP contribution >= 0.6 is 27.3 Å². The molecule has 6 nitrogen and oxygen atoms in total. The van der Waals surface area contributed by atoms with E-state index in [1.807, 2.05) is 0 Å². The second kappa shape index (κ2) is 5.80. The fourth-order valence-electron chi connectivity index (χ4n) is 1.03. The Morgan fingerprint density at radius 3 is 2.76 bits per heavy atom. The molecule has 17 heavy (non-hydrogen) atoms. The van der Waals surface area contributed by atoms with Crippen LogP contribution in [0.4, 0.5) is 0 Å². The number of thiophene rings is 1. The van der Waals surface area contributed by atoms with E-state index in [1.54, 1.807) is 6.07 Å². The van der Waals surface area contributed by atoms with Crippen LogP contribution in [-0.2, 0) is 10.0 Å². The van der Waals surface area contributed by atoms with E-state index in [-0.39, 0.29) is 23.0 Å². The second-order valence-electron chi connectivity index (χ2n) is 3.23. The number of halogens is 1. The molecule has 0 unspecified atom stereocenters. The maximum absolute atomic E-state index is 12.0. The maximum Gasteiger partial charge on any atom is 0.252 e. The maximum atomic E-state index is 12.0. The molecule has 0 radical (unpaired) electrons. The van der Waals surface area contributed by atoms with Crippen molar-refractivity contribution in [2.24, 2.45) is 10.9 Å². The zero-order chi connectivity index (χ0) is 13.1. The van der Waals surface area contributed by atoms with Gasteiger partial charge in [0.2, 0.25) is 0 Å². The molecule has 0 bridgehead atoms. The lowest BCUT2D eigenvalue weighted by molar-refractivity contribution is 0.316. The molecule has 1 rings (SSSR count). The first kappa shape index (κ1) is 14.4. The largest absolute Gasteiger partial charge is 0.409 e. The number of hydrogen-bond donors (Lipinski definition) is 2. The summed E-state index contributed by atoms with van der Waals surface area (Å²) in [7, 11) is -2.04. The molecule has 0 aliphatic rings. The van der Waals surface area contributed by atoms with Crippen molar-refractivity contribution in [1.29, 1.82) is 0 Å². The number of rotatable bonds is 5. The minimum Gasteiger partial charge on any atom is -0.409 e. The highest BCUT2D eigenvalue weighted by Gasteiger charge is 2.22. The number of oxime groups is 1. The summed E-state index contributed by atoms with van der Waals surface area (Å²) in [6.45, 7) is 0.160. The summed E-state index contributed by atoms with van der Waals surface area (Å²) in [4.78, 5) is 0. The third-order valence-corrected chi connectivity index (χ3v) is 5.97. The van der Waals surface area contributed by atoms with Crippen LogP contribution in [0.15, 0.2) is 25.3 Å². The molecule has 1 heterocycles. The third kappa shape index (κ3) is 3.66. The number of amidine groups is 1. The van der Waals surface area contributed by atoms with Crippen LogP contribution in [0.1, 0.15) is 6.42 Å². The van der Waals surface area contributed by atoms with Gasteiger partial charge in [-0.3, -0.25) is 0 Å². The molecule has 0 amide bonds. The van der Waals surface area contributed by atoms with E-state index in [0.29, 0.717) is 0 Å². The van der Waals surface area contributed by atoms with E-state index in [0.717, 1.165) is 15.1 Å². The molecule has 1 aromatic rings. The van der Waals surface area contributed by atoms with Gasteiger partial charge in [0.05, 0.1) is 3.79 Å². The van der Waals surface area contributed by atoms with Gasteiger partial charge in [-0.25, -0.2) is 8.42 Å². The van der Waals surface area contributed by atoms with Gasteiger partial charge in [-0.15, -0.1) is 11.3 Å². The third-order valence-electron chi connectivity index (χ3n) is 2.02. The highest BCUT2D eigenvalue weighted by atomic mass is 79.9. The zero-order valence-electron chi connectivity index (χ0n) is 9.00. The van der Waals surface area contributed by atoms with Gasteiger partial charge in [-0.1, -0.05) is 5.16 Å². The summed E-state index contributed by atoms with van der Waals surface area (Å²) >= 11 is 4.35. The van der Waals surface area contributed by atoms with Crippen molar-refractivity contribution in [3.05, 3.63) is 15.9 Å². The predicted molar refractivity (Wildman–Crippen MR) is 69.9 cm³/mol. The molecule has 0 fully saturated rings. The Balaban J connectivity index is 2.78. The summed E-state index contributed by atoms with van der Waals surface area (Å²) < 4.78 is 26.2. The number of hydrogen-bond acceptors (Lipinski definition) is 5. The van der Waals surface area contributed by atoms with E-state index < -0.39 is 10.0 Å². The van der Waals surface area contributed by atoms with E-state index in [1.165, 1.54) is 17.4 Å². The molecule has 1 aromatic heterocycles. The highest BCUT2D eigenvalue weighted by molar-refractivity contribution is 9.11. The van der Waals surface area contributed by atoms with Crippen molar-refractivity contribution in [1.82, 2.24) is 4.31 Å². The van der Waals surface area contributed by atoms with Crippen molar-refractivity contribution < 1.29 is 13.6 Å². The molecular weight excluding hydrogens is 330 g/mol. The van der Waals surface area contributed by atoms with E-state index in [9.17, 15) is 8.42 Å². The Morgan fingerprint density at radius 2 is 2.29 bits per heavy atom. The monoisotopic (exact) mass is 341 g/mol. The van der Waals surface area contributed by atoms with Gasteiger partial charge in [0.25, 0.3) is 10.0 Å². The summed E-state index contributed by atoms with van der Waals surface area (Å²) in [6, 6.07) is 3.21. The Morgan fingerprint density at radius 1 is 1.65 bits per heavy atom. The fraction of sp³-hybridized carbons (Fsp3) is 0.375. The van der Waals surface area contributed by atoms with Gasteiger partial charge in [0.15, 0.2) is 0 Å². The number of nitrogens with zero attached hydrogens (tertiary/aromatic N) is 2. The van der Waals surface area contributed by atoms with Crippen molar-refractivity contribution in [2.45, 2.75) is 10.6 Å². The Bertz CT molecular complexity index is 512. The Labute approximate surface area is 112 Å². The lowest BCUT2D eigenvalue weighted by atomic mass is 10.4. The molecule has 0 aliphatic heterocycles. The van der Waals surface area contributed by atoms with Crippen LogP contribution in [-0.4, -0.2) is 37.4 Å². The smallest absolute Gasteiger partial charge is 0.252 e. The van der Waals surface area contributed by atoms with Gasteiger partial charge in [-0.2, -0.15) is 4.31 Å². The van der Waals surface area contributed by atoms with Crippen LogP contribution in [0.3, 0.4) is 0 Å². The molecule has 0 atom stereocenters. The summed E-state index contributed by atoms with van der Waals surface area (Å²) in [6.07, 6.45) is 0.179. The van der Waals surface area contributed by atoms with Gasteiger partial charge in [-0.05, 0) is 28.1 Å². The van der Waals surface area contributed by atoms with Crippen LogP contribution < -0.4 is 5.73 Å². The van der Waals surface area contributed by atoms with Crippen LogP contribution in [0.5, 0.6) is 0 Å². The average Bonchev–Trinajstić information content (AvgIpc) is 2.72. The van der Waals surface area contributed by atoms with Gasteiger partial charge >= 0.3 is 0 Å². The minimum absolute atomic E-state index is 0.000546. The molecule has 0 aromatic carbocycles. The van der Waals surface area contributed by atoms with E-state index in [2.05, 4.69) is 21.1 Å². The molecular formula is C8H12BrN3O3S2. The normalized spacial score (nSPS) is 13.2. The van der Waals surface area contributed by atoms with Gasteiger partial charge in [0.1, 0.15) is 10.0 Å². The second-order valence-corrected chi connectivity index (χ2v) is 7.96. The van der Waals surface area contributed by atoms with Gasteiger partial charge in [0, 0.05) is 20.0 Å². The average molecular weight is 342 g/mol. The fourth-order valence-corrected chi connectivity index (χ4v) is 4.42. The van der Waals surface area contributed by atoms with E-state index >= 15 is 0 Å². The minimum atomic E-state index is -3.49. The SMILES string of the molecule is CN(CC/C(N)=N/O)S(=O)(=O)c1ccc(Br)s1. The lowest BCUT2D eigenvalue weighted by Gasteiger charge is -2.15. The molecule has 0 saturated heterocycles. The lowest BCUT2D eigenvalue weighted by Crippen LogP contribution is -2.30. The van der Waals surface area contributed by atoms with Crippen molar-refractivity contribution >= 4 is 43.1 Å². The molecule has 0 spiro atoms.